The Hall–Kier alpha value is -0.195. The van der Waals surface area contributed by atoms with Crippen LogP contribution in [0.15, 0.2) is 12.7 Å². The largest absolute Gasteiger partial charge is 0.103 e. The van der Waals surface area contributed by atoms with Gasteiger partial charge in [-0.2, -0.15) is 0 Å². The molecular formula is C7H15B. The lowest BCUT2D eigenvalue weighted by atomic mass is 9.89. The minimum atomic E-state index is 0.882. The van der Waals surface area contributed by atoms with Crippen LogP contribution >= 0.6 is 0 Å². The van der Waals surface area contributed by atoms with Crippen molar-refractivity contribution in [3.05, 3.63) is 12.7 Å². The first-order chi connectivity index (χ1) is 3.81. The molecule has 0 radical (unpaired) electrons. The fraction of sp³-hybridized carbons (Fsp3) is 0.714. The molecule has 0 spiro atoms. The molecule has 0 aromatic heterocycles. The van der Waals surface area contributed by atoms with Gasteiger partial charge >= 0.3 is 0 Å². The van der Waals surface area contributed by atoms with Crippen LogP contribution in [0.3, 0.4) is 0 Å². The Morgan fingerprint density at radius 3 is 2.75 bits per heavy atom. The van der Waals surface area contributed by atoms with E-state index in [1.807, 2.05) is 6.08 Å². The number of hydrogen-bond acceptors (Lipinski definition) is 0. The van der Waals surface area contributed by atoms with Crippen molar-refractivity contribution in [3.8, 4) is 0 Å². The molecule has 0 aliphatic carbocycles. The van der Waals surface area contributed by atoms with E-state index in [4.69, 9.17) is 0 Å². The first kappa shape index (κ1) is 7.80. The van der Waals surface area contributed by atoms with Gasteiger partial charge in [-0.15, -0.1) is 6.58 Å². The van der Waals surface area contributed by atoms with E-state index in [0.29, 0.717) is 0 Å². The van der Waals surface area contributed by atoms with Gasteiger partial charge in [0.2, 0.25) is 0 Å². The van der Waals surface area contributed by atoms with Crippen LogP contribution < -0.4 is 0 Å². The highest BCUT2D eigenvalue weighted by atomic mass is 14.0. The second-order valence-corrected chi connectivity index (χ2v) is 2.38. The summed E-state index contributed by atoms with van der Waals surface area (Å²) in [4.78, 5) is 0. The molecular weight excluding hydrogens is 94.9 g/mol. The number of hydrogen-bond donors (Lipinski definition) is 0. The Morgan fingerprint density at radius 2 is 2.38 bits per heavy atom. The molecule has 0 aliphatic rings. The van der Waals surface area contributed by atoms with Gasteiger partial charge in [-0.3, -0.25) is 0 Å². The fourth-order valence-corrected chi connectivity index (χ4v) is 0.606. The minimum absolute atomic E-state index is 0.882. The van der Waals surface area contributed by atoms with E-state index in [-0.39, 0.29) is 0 Å². The Labute approximate surface area is 53.4 Å². The summed E-state index contributed by atoms with van der Waals surface area (Å²) in [6.45, 7) is 5.95. The summed E-state index contributed by atoms with van der Waals surface area (Å²) >= 11 is 0. The van der Waals surface area contributed by atoms with Crippen molar-refractivity contribution in [2.75, 3.05) is 0 Å². The van der Waals surface area contributed by atoms with Crippen molar-refractivity contribution >= 4 is 7.85 Å². The smallest absolute Gasteiger partial charge is 0.101 e. The summed E-state index contributed by atoms with van der Waals surface area (Å²) in [5.41, 5.74) is 0. The molecule has 0 nitrogen and oxygen atoms in total. The fourth-order valence-electron chi connectivity index (χ4n) is 0.606. The molecule has 1 heteroatoms. The van der Waals surface area contributed by atoms with Crippen LogP contribution in [0.5, 0.6) is 0 Å². The molecule has 0 saturated carbocycles. The predicted octanol–water partition coefficient (Wildman–Crippen LogP) is 1.64. The third kappa shape index (κ3) is 3.98. The van der Waals surface area contributed by atoms with Gasteiger partial charge in [0.05, 0.1) is 0 Å². The van der Waals surface area contributed by atoms with E-state index >= 15 is 0 Å². The normalized spacial score (nSPS) is 13.1. The molecule has 46 valence electrons. The maximum absolute atomic E-state index is 3.67. The van der Waals surface area contributed by atoms with Gasteiger partial charge in [-0.05, 0) is 12.8 Å². The molecule has 0 bridgehead atoms. The topological polar surface area (TPSA) is 0 Å². The van der Waals surface area contributed by atoms with E-state index in [2.05, 4.69) is 21.3 Å². The van der Waals surface area contributed by atoms with Crippen LogP contribution in [0.2, 0.25) is 6.32 Å². The molecule has 0 saturated heterocycles. The van der Waals surface area contributed by atoms with E-state index in [0.717, 1.165) is 5.92 Å². The maximum Gasteiger partial charge on any atom is 0.101 e. The van der Waals surface area contributed by atoms with Crippen LogP contribution in [-0.2, 0) is 0 Å². The van der Waals surface area contributed by atoms with E-state index in [1.165, 1.54) is 19.2 Å². The zero-order valence-electron chi connectivity index (χ0n) is 5.98. The van der Waals surface area contributed by atoms with E-state index < -0.39 is 0 Å². The SMILES string of the molecule is BCC(C)CCC=C. The van der Waals surface area contributed by atoms with Gasteiger partial charge in [0, 0.05) is 0 Å². The van der Waals surface area contributed by atoms with E-state index in [9.17, 15) is 0 Å². The van der Waals surface area contributed by atoms with Crippen molar-refractivity contribution < 1.29 is 0 Å². The van der Waals surface area contributed by atoms with E-state index in [1.54, 1.807) is 0 Å². The number of rotatable bonds is 4. The van der Waals surface area contributed by atoms with Gasteiger partial charge in [0.25, 0.3) is 0 Å². The minimum Gasteiger partial charge on any atom is -0.103 e. The maximum atomic E-state index is 3.67. The average molecular weight is 110 g/mol. The third-order valence-corrected chi connectivity index (χ3v) is 1.56. The highest BCUT2D eigenvalue weighted by Crippen LogP contribution is 2.07. The molecule has 0 aromatic carbocycles. The molecule has 0 amide bonds. The van der Waals surface area contributed by atoms with Crippen LogP contribution in [0.4, 0.5) is 0 Å². The Morgan fingerprint density at radius 1 is 1.75 bits per heavy atom. The van der Waals surface area contributed by atoms with Gasteiger partial charge in [-0.25, -0.2) is 0 Å². The van der Waals surface area contributed by atoms with Crippen LogP contribution in [-0.4, -0.2) is 7.85 Å². The summed E-state index contributed by atoms with van der Waals surface area (Å²) in [7, 11) is 2.23. The van der Waals surface area contributed by atoms with Gasteiger partial charge in [-0.1, -0.05) is 25.2 Å². The van der Waals surface area contributed by atoms with Gasteiger partial charge < -0.3 is 0 Å². The lowest BCUT2D eigenvalue weighted by molar-refractivity contribution is 0.594. The van der Waals surface area contributed by atoms with Crippen molar-refractivity contribution in [1.82, 2.24) is 0 Å². The molecule has 0 N–H and O–H groups in total. The molecule has 0 aliphatic heterocycles. The molecule has 0 aromatic rings. The molecule has 1 unspecified atom stereocenters. The summed E-state index contributed by atoms with van der Waals surface area (Å²) < 4.78 is 0. The second-order valence-electron chi connectivity index (χ2n) is 2.38. The van der Waals surface area contributed by atoms with Crippen LogP contribution in [0.1, 0.15) is 19.8 Å². The summed E-state index contributed by atoms with van der Waals surface area (Å²) in [5, 5.41) is 0. The highest BCUT2D eigenvalue weighted by Gasteiger charge is 1.93. The Kier molecular flexibility index (Phi) is 4.83. The van der Waals surface area contributed by atoms with Crippen LogP contribution in [0, 0.1) is 5.92 Å². The van der Waals surface area contributed by atoms with Crippen molar-refractivity contribution in [2.24, 2.45) is 5.92 Å². The van der Waals surface area contributed by atoms with Gasteiger partial charge in [0.15, 0.2) is 0 Å². The first-order valence-electron chi connectivity index (χ1n) is 3.42. The monoisotopic (exact) mass is 110 g/mol. The lowest BCUT2D eigenvalue weighted by Crippen LogP contribution is -1.90. The Balaban J connectivity index is 2.97. The third-order valence-electron chi connectivity index (χ3n) is 1.56. The molecule has 1 atom stereocenters. The molecule has 0 heterocycles. The standard InChI is InChI=1S/C7H15B/c1-3-4-5-7(2)6-8/h3,7H,1,4-6,8H2,2H3. The summed E-state index contributed by atoms with van der Waals surface area (Å²) in [5.74, 6) is 0.882. The van der Waals surface area contributed by atoms with Crippen LogP contribution in [0.25, 0.3) is 0 Å². The molecule has 8 heavy (non-hydrogen) atoms. The summed E-state index contributed by atoms with van der Waals surface area (Å²) in [6, 6.07) is 0. The summed E-state index contributed by atoms with van der Waals surface area (Å²) in [6.07, 6.45) is 5.77. The first-order valence-corrected chi connectivity index (χ1v) is 3.42. The van der Waals surface area contributed by atoms with Crippen molar-refractivity contribution in [2.45, 2.75) is 26.1 Å². The Bertz CT molecular complexity index is 59.4. The van der Waals surface area contributed by atoms with Gasteiger partial charge in [0.1, 0.15) is 7.85 Å². The predicted molar refractivity (Wildman–Crippen MR) is 41.9 cm³/mol. The average Bonchev–Trinajstić information content (AvgIpc) is 1.83. The van der Waals surface area contributed by atoms with Crippen molar-refractivity contribution in [1.29, 1.82) is 0 Å². The second kappa shape index (κ2) is 4.95. The molecule has 0 rings (SSSR count). The zero-order chi connectivity index (χ0) is 6.41. The molecule has 0 fully saturated rings. The quantitative estimate of drug-likeness (QED) is 0.381. The number of allylic oxidation sites excluding steroid dienone is 1. The highest BCUT2D eigenvalue weighted by molar-refractivity contribution is 6.08. The zero-order valence-corrected chi connectivity index (χ0v) is 5.98. The van der Waals surface area contributed by atoms with Crippen molar-refractivity contribution in [3.63, 3.8) is 0 Å². The lowest BCUT2D eigenvalue weighted by Gasteiger charge is -2.03.